The molecule has 70 valence electrons. The minimum Gasteiger partial charge on any atom is -0.526 e. The standard InChI is InChI=1S/C9H18O2Si/c1-10-12(11-2)8-9-6-4-3-5-7-9/h8-9H,3-7H2,1-2H3. The van der Waals surface area contributed by atoms with Crippen LogP contribution in [0.4, 0.5) is 0 Å². The zero-order chi connectivity index (χ0) is 8.81. The monoisotopic (exact) mass is 186 g/mol. The molecular formula is C9H18O2Si. The van der Waals surface area contributed by atoms with Crippen LogP contribution in [0.25, 0.3) is 0 Å². The molecule has 0 aromatic rings. The fourth-order valence-corrected chi connectivity index (χ4v) is 2.87. The molecule has 0 aromatic heterocycles. The smallest absolute Gasteiger partial charge is 0.475 e. The molecular weight excluding hydrogens is 168 g/mol. The molecule has 1 rings (SSSR count). The normalized spacial score (nSPS) is 18.5. The molecule has 0 bridgehead atoms. The largest absolute Gasteiger partial charge is 0.526 e. The second kappa shape index (κ2) is 5.35. The molecule has 0 saturated heterocycles. The summed E-state index contributed by atoms with van der Waals surface area (Å²) in [6.45, 7) is 0. The van der Waals surface area contributed by atoms with Gasteiger partial charge in [0.15, 0.2) is 0 Å². The summed E-state index contributed by atoms with van der Waals surface area (Å²) in [6, 6.07) is 0. The predicted octanol–water partition coefficient (Wildman–Crippen LogP) is 1.73. The molecule has 2 nitrogen and oxygen atoms in total. The summed E-state index contributed by atoms with van der Waals surface area (Å²) < 4.78 is 10.5. The summed E-state index contributed by atoms with van der Waals surface area (Å²) in [7, 11) is 2.42. The maximum absolute atomic E-state index is 5.23. The van der Waals surface area contributed by atoms with Crippen LogP contribution in [0.2, 0.25) is 0 Å². The number of hydrogen-bond donors (Lipinski definition) is 0. The lowest BCUT2D eigenvalue weighted by Gasteiger charge is -2.18. The second-order valence-electron chi connectivity index (χ2n) is 3.29. The molecule has 1 fully saturated rings. The van der Waals surface area contributed by atoms with Crippen molar-refractivity contribution in [1.29, 1.82) is 0 Å². The van der Waals surface area contributed by atoms with Gasteiger partial charge in [0.05, 0.1) is 14.2 Å². The first kappa shape index (κ1) is 9.77. The van der Waals surface area contributed by atoms with Gasteiger partial charge in [-0.3, -0.25) is 0 Å². The second-order valence-corrected chi connectivity index (χ2v) is 5.08. The van der Waals surface area contributed by atoms with Crippen LogP contribution >= 0.6 is 0 Å². The Kier molecular flexibility index (Phi) is 4.36. The van der Waals surface area contributed by atoms with E-state index in [4.69, 9.17) is 8.85 Å². The fourth-order valence-electron chi connectivity index (χ4n) is 1.71. The maximum Gasteiger partial charge on any atom is 0.475 e. The number of hydrogen-bond acceptors (Lipinski definition) is 2. The molecule has 0 spiro atoms. The van der Waals surface area contributed by atoms with Gasteiger partial charge in [0.25, 0.3) is 0 Å². The Bertz CT molecular complexity index is 145. The van der Waals surface area contributed by atoms with Crippen molar-refractivity contribution >= 4 is 14.6 Å². The van der Waals surface area contributed by atoms with Gasteiger partial charge < -0.3 is 8.85 Å². The zero-order valence-electron chi connectivity index (χ0n) is 8.01. The van der Waals surface area contributed by atoms with E-state index >= 15 is 0 Å². The third-order valence-electron chi connectivity index (χ3n) is 2.42. The van der Waals surface area contributed by atoms with Crippen molar-refractivity contribution in [3.8, 4) is 0 Å². The highest BCUT2D eigenvalue weighted by Crippen LogP contribution is 2.21. The first-order valence-electron chi connectivity index (χ1n) is 4.66. The van der Waals surface area contributed by atoms with E-state index in [1.54, 1.807) is 14.2 Å². The molecule has 12 heavy (non-hydrogen) atoms. The highest BCUT2D eigenvalue weighted by molar-refractivity contribution is 6.54. The average molecular weight is 186 g/mol. The summed E-state index contributed by atoms with van der Waals surface area (Å²) in [6.07, 6.45) is 6.83. The molecule has 0 aliphatic heterocycles. The molecule has 0 heterocycles. The third-order valence-corrected chi connectivity index (χ3v) is 3.97. The van der Waals surface area contributed by atoms with Crippen LogP contribution in [-0.4, -0.2) is 28.8 Å². The van der Waals surface area contributed by atoms with Crippen LogP contribution in [0.1, 0.15) is 32.1 Å². The van der Waals surface area contributed by atoms with Gasteiger partial charge in [-0.2, -0.15) is 0 Å². The van der Waals surface area contributed by atoms with Crippen molar-refractivity contribution in [3.05, 3.63) is 0 Å². The third kappa shape index (κ3) is 2.97. The van der Waals surface area contributed by atoms with E-state index in [9.17, 15) is 0 Å². The molecule has 0 unspecified atom stereocenters. The van der Waals surface area contributed by atoms with Gasteiger partial charge in [-0.25, -0.2) is 0 Å². The van der Waals surface area contributed by atoms with Crippen LogP contribution < -0.4 is 0 Å². The summed E-state index contributed by atoms with van der Waals surface area (Å²) in [5.41, 5.74) is 2.30. The highest BCUT2D eigenvalue weighted by atomic mass is 28.3. The highest BCUT2D eigenvalue weighted by Gasteiger charge is 2.13. The van der Waals surface area contributed by atoms with Crippen LogP contribution in [-0.2, 0) is 8.85 Å². The van der Waals surface area contributed by atoms with Gasteiger partial charge in [-0.1, -0.05) is 19.3 Å². The van der Waals surface area contributed by atoms with Crippen LogP contribution in [0.5, 0.6) is 0 Å². The van der Waals surface area contributed by atoms with Crippen molar-refractivity contribution < 1.29 is 8.85 Å². The molecule has 0 aromatic carbocycles. The fraction of sp³-hybridized carbons (Fsp3) is 0.889. The molecule has 3 heteroatoms. The first-order valence-corrected chi connectivity index (χ1v) is 6.06. The Morgan fingerprint density at radius 1 is 1.08 bits per heavy atom. The van der Waals surface area contributed by atoms with E-state index < -0.39 is 8.90 Å². The molecule has 1 aliphatic carbocycles. The van der Waals surface area contributed by atoms with Crippen molar-refractivity contribution in [2.45, 2.75) is 32.1 Å². The molecule has 0 N–H and O–H groups in total. The Balaban J connectivity index is 2.39. The van der Waals surface area contributed by atoms with Crippen molar-refractivity contribution in [1.82, 2.24) is 0 Å². The molecule has 0 radical (unpaired) electrons. The maximum atomic E-state index is 5.23. The summed E-state index contributed by atoms with van der Waals surface area (Å²) in [4.78, 5) is 0. The Morgan fingerprint density at radius 2 is 1.67 bits per heavy atom. The number of rotatable bonds is 3. The zero-order valence-corrected chi connectivity index (χ0v) is 9.01. The SMILES string of the molecule is CO[Si](=CC1CCCCC1)OC. The lowest BCUT2D eigenvalue weighted by molar-refractivity contribution is 0.301. The minimum absolute atomic E-state index is 0.757. The van der Waals surface area contributed by atoms with E-state index in [2.05, 4.69) is 5.67 Å². The van der Waals surface area contributed by atoms with E-state index in [0.29, 0.717) is 0 Å². The molecule has 0 atom stereocenters. The van der Waals surface area contributed by atoms with Gasteiger partial charge in [-0.05, 0) is 24.4 Å². The predicted molar refractivity (Wildman–Crippen MR) is 52.4 cm³/mol. The quantitative estimate of drug-likeness (QED) is 0.625. The summed E-state index contributed by atoms with van der Waals surface area (Å²) in [5.74, 6) is 0.757. The van der Waals surface area contributed by atoms with Gasteiger partial charge in [0.2, 0.25) is 0 Å². The summed E-state index contributed by atoms with van der Waals surface area (Å²) in [5, 5.41) is 0. The van der Waals surface area contributed by atoms with E-state index in [1.165, 1.54) is 32.1 Å². The first-order chi connectivity index (χ1) is 5.86. The van der Waals surface area contributed by atoms with E-state index in [-0.39, 0.29) is 0 Å². The van der Waals surface area contributed by atoms with Gasteiger partial charge in [-0.15, -0.1) is 0 Å². The van der Waals surface area contributed by atoms with Crippen molar-refractivity contribution in [2.75, 3.05) is 14.2 Å². The molecule has 0 amide bonds. The Hall–Kier alpha value is -0.313. The van der Waals surface area contributed by atoms with Gasteiger partial charge in [0.1, 0.15) is 0 Å². The molecule has 1 saturated carbocycles. The van der Waals surface area contributed by atoms with E-state index in [0.717, 1.165) is 5.92 Å². The van der Waals surface area contributed by atoms with Crippen LogP contribution in [0.3, 0.4) is 0 Å². The Labute approximate surface area is 76.3 Å². The summed E-state index contributed by atoms with van der Waals surface area (Å²) >= 11 is 0. The van der Waals surface area contributed by atoms with Crippen molar-refractivity contribution in [3.63, 3.8) is 0 Å². The van der Waals surface area contributed by atoms with Crippen LogP contribution in [0.15, 0.2) is 0 Å². The van der Waals surface area contributed by atoms with E-state index in [1.807, 2.05) is 0 Å². The molecule has 1 aliphatic rings. The van der Waals surface area contributed by atoms with Gasteiger partial charge in [0, 0.05) is 0 Å². The average Bonchev–Trinajstić information content (AvgIpc) is 2.16. The Morgan fingerprint density at radius 3 is 2.17 bits per heavy atom. The lowest BCUT2D eigenvalue weighted by Crippen LogP contribution is -2.19. The van der Waals surface area contributed by atoms with Crippen LogP contribution in [0, 0.1) is 5.92 Å². The minimum atomic E-state index is -1.05. The van der Waals surface area contributed by atoms with Crippen molar-refractivity contribution in [2.24, 2.45) is 5.92 Å². The van der Waals surface area contributed by atoms with Gasteiger partial charge >= 0.3 is 8.90 Å². The lowest BCUT2D eigenvalue weighted by atomic mass is 9.91. The topological polar surface area (TPSA) is 18.5 Å².